The highest BCUT2D eigenvalue weighted by atomic mass is 127. The maximum atomic E-state index is 3.22. The van der Waals surface area contributed by atoms with Gasteiger partial charge in [-0.25, -0.2) is 0 Å². The van der Waals surface area contributed by atoms with Gasteiger partial charge in [0.05, 0.1) is 5.54 Å². The van der Waals surface area contributed by atoms with Crippen molar-refractivity contribution >= 4 is 22.6 Å². The molecular weight excluding hydrogens is 249 g/mol. The molecule has 62 valence electrons. The van der Waals surface area contributed by atoms with Crippen LogP contribution in [-0.2, 0) is 0 Å². The molecule has 11 heavy (non-hydrogen) atoms. The Hall–Kier alpha value is -0.170. The highest BCUT2D eigenvalue weighted by Gasteiger charge is 2.09. The zero-order valence-corrected chi connectivity index (χ0v) is 9.61. The smallest absolute Gasteiger partial charge is 0.0933 e. The van der Waals surface area contributed by atoms with Crippen molar-refractivity contribution in [3.8, 4) is 9.85 Å². The van der Waals surface area contributed by atoms with Crippen LogP contribution in [0.3, 0.4) is 0 Å². The molecule has 0 atom stereocenters. The van der Waals surface area contributed by atoms with Crippen LogP contribution in [0.1, 0.15) is 27.7 Å². The first-order valence-electron chi connectivity index (χ1n) is 3.52. The molecule has 0 saturated heterocycles. The summed E-state index contributed by atoms with van der Waals surface area (Å²) in [5, 5.41) is 3.22. The maximum absolute atomic E-state index is 3.22. The molecule has 0 aliphatic heterocycles. The van der Waals surface area contributed by atoms with Crippen LogP contribution in [0.5, 0.6) is 0 Å². The van der Waals surface area contributed by atoms with Crippen molar-refractivity contribution in [2.75, 3.05) is 0 Å². The highest BCUT2D eigenvalue weighted by Crippen LogP contribution is 2.00. The number of nitrogens with one attached hydrogen (secondary N) is 1. The van der Waals surface area contributed by atoms with Gasteiger partial charge in [-0.3, -0.25) is 0 Å². The van der Waals surface area contributed by atoms with Crippen molar-refractivity contribution in [3.63, 3.8) is 0 Å². The van der Waals surface area contributed by atoms with Crippen molar-refractivity contribution in [3.05, 3.63) is 11.8 Å². The van der Waals surface area contributed by atoms with Gasteiger partial charge >= 0.3 is 0 Å². The second kappa shape index (κ2) is 4.66. The van der Waals surface area contributed by atoms with Gasteiger partial charge in [0.1, 0.15) is 0 Å². The van der Waals surface area contributed by atoms with Gasteiger partial charge in [-0.2, -0.15) is 0 Å². The summed E-state index contributed by atoms with van der Waals surface area (Å²) in [4.78, 5) is 0. The monoisotopic (exact) mass is 263 g/mol. The molecule has 1 N–H and O–H groups in total. The van der Waals surface area contributed by atoms with Gasteiger partial charge in [-0.15, -0.1) is 0 Å². The van der Waals surface area contributed by atoms with E-state index in [9.17, 15) is 0 Å². The topological polar surface area (TPSA) is 12.0 Å². The van der Waals surface area contributed by atoms with E-state index in [1.54, 1.807) is 0 Å². The molecule has 0 aromatic heterocycles. The molecule has 1 nitrogen and oxygen atoms in total. The third kappa shape index (κ3) is 6.24. The lowest BCUT2D eigenvalue weighted by Gasteiger charge is -2.17. The third-order valence-corrected chi connectivity index (χ3v) is 1.35. The van der Waals surface area contributed by atoms with E-state index in [2.05, 4.69) is 42.9 Å². The number of hydrogen-bond acceptors (Lipinski definition) is 1. The number of halogens is 1. The fourth-order valence-corrected chi connectivity index (χ4v) is 1.15. The summed E-state index contributed by atoms with van der Waals surface area (Å²) < 4.78 is 2.86. The van der Waals surface area contributed by atoms with Gasteiger partial charge in [0, 0.05) is 22.6 Å². The second-order valence-corrected chi connectivity index (χ2v) is 3.75. The Morgan fingerprint density at radius 2 is 2.00 bits per heavy atom. The van der Waals surface area contributed by atoms with E-state index in [0.29, 0.717) is 0 Å². The van der Waals surface area contributed by atoms with Crippen LogP contribution >= 0.6 is 22.6 Å². The zero-order chi connectivity index (χ0) is 8.91. The zero-order valence-electron chi connectivity index (χ0n) is 7.46. The molecule has 0 amide bonds. The predicted molar refractivity (Wildman–Crippen MR) is 58.4 cm³/mol. The molecule has 0 aliphatic rings. The van der Waals surface area contributed by atoms with Crippen LogP contribution in [0.15, 0.2) is 11.8 Å². The molecule has 0 fully saturated rings. The Balaban J connectivity index is 4.10. The van der Waals surface area contributed by atoms with Crippen LogP contribution < -0.4 is 5.32 Å². The first-order valence-corrected chi connectivity index (χ1v) is 4.60. The molecule has 0 saturated carbocycles. The quantitative estimate of drug-likeness (QED) is 0.596. The standard InChI is InChI=1S/C9H14IN/c1-8(2)7-11-9(3,4)5-6-10/h7,11H,1-4H3. The number of allylic oxidation sites excluding steroid dienone is 1. The molecule has 2 heteroatoms. The van der Waals surface area contributed by atoms with Crippen LogP contribution in [0.2, 0.25) is 0 Å². The molecule has 0 aliphatic carbocycles. The summed E-state index contributed by atoms with van der Waals surface area (Å²) in [5.41, 5.74) is 1.15. The lowest BCUT2D eigenvalue weighted by Crippen LogP contribution is -2.33. The molecule has 0 unspecified atom stereocenters. The molecular formula is C9H14IN. The summed E-state index contributed by atoms with van der Waals surface area (Å²) in [7, 11) is 0. The van der Waals surface area contributed by atoms with Crippen LogP contribution in [-0.4, -0.2) is 5.54 Å². The van der Waals surface area contributed by atoms with Gasteiger partial charge in [0.15, 0.2) is 0 Å². The van der Waals surface area contributed by atoms with Crippen LogP contribution in [0.25, 0.3) is 0 Å². The first kappa shape index (κ1) is 10.8. The van der Waals surface area contributed by atoms with Gasteiger partial charge in [-0.1, -0.05) is 11.5 Å². The fraction of sp³-hybridized carbons (Fsp3) is 0.556. The van der Waals surface area contributed by atoms with Crippen molar-refractivity contribution < 1.29 is 0 Å². The van der Waals surface area contributed by atoms with E-state index >= 15 is 0 Å². The van der Waals surface area contributed by atoms with Crippen molar-refractivity contribution in [1.82, 2.24) is 5.32 Å². The number of hydrogen-bond donors (Lipinski definition) is 1. The van der Waals surface area contributed by atoms with E-state index in [1.807, 2.05) is 28.8 Å². The normalized spacial score (nSPS) is 9.55. The summed E-state index contributed by atoms with van der Waals surface area (Å²) >= 11 is 2.05. The SMILES string of the molecule is CC(C)=CNC(C)(C)C#CI. The number of rotatable bonds is 2. The molecule has 0 rings (SSSR count). The Labute approximate surface area is 82.8 Å². The average Bonchev–Trinajstić information content (AvgIpc) is 1.84. The van der Waals surface area contributed by atoms with Gasteiger partial charge in [0.25, 0.3) is 0 Å². The van der Waals surface area contributed by atoms with Crippen LogP contribution in [0.4, 0.5) is 0 Å². The summed E-state index contributed by atoms with van der Waals surface area (Å²) in [6, 6.07) is 0. The fourth-order valence-electron chi connectivity index (χ4n) is 0.479. The van der Waals surface area contributed by atoms with E-state index in [1.165, 1.54) is 5.57 Å². The van der Waals surface area contributed by atoms with E-state index in [-0.39, 0.29) is 5.54 Å². The Morgan fingerprint density at radius 1 is 1.45 bits per heavy atom. The minimum Gasteiger partial charge on any atom is -0.376 e. The molecule has 0 spiro atoms. The summed E-state index contributed by atoms with van der Waals surface area (Å²) in [5.74, 6) is 3.06. The summed E-state index contributed by atoms with van der Waals surface area (Å²) in [6.45, 7) is 8.22. The average molecular weight is 263 g/mol. The maximum Gasteiger partial charge on any atom is 0.0933 e. The largest absolute Gasteiger partial charge is 0.376 e. The van der Waals surface area contributed by atoms with Gasteiger partial charge in [0.2, 0.25) is 0 Å². The van der Waals surface area contributed by atoms with Crippen molar-refractivity contribution in [2.24, 2.45) is 0 Å². The van der Waals surface area contributed by atoms with E-state index in [4.69, 9.17) is 0 Å². The first-order chi connectivity index (χ1) is 4.98. The van der Waals surface area contributed by atoms with E-state index in [0.717, 1.165) is 0 Å². The van der Waals surface area contributed by atoms with Crippen molar-refractivity contribution in [1.29, 1.82) is 0 Å². The van der Waals surface area contributed by atoms with Crippen molar-refractivity contribution in [2.45, 2.75) is 33.2 Å². The highest BCUT2D eigenvalue weighted by molar-refractivity contribution is 14.1. The third-order valence-electron chi connectivity index (χ3n) is 1.08. The Bertz CT molecular complexity index is 201. The Morgan fingerprint density at radius 3 is 2.36 bits per heavy atom. The predicted octanol–water partition coefficient (Wildman–Crippen LogP) is 2.67. The van der Waals surface area contributed by atoms with Gasteiger partial charge < -0.3 is 5.32 Å². The molecule has 0 heterocycles. The van der Waals surface area contributed by atoms with Gasteiger partial charge in [-0.05, 0) is 37.8 Å². The lowest BCUT2D eigenvalue weighted by atomic mass is 10.1. The molecule has 0 aromatic rings. The van der Waals surface area contributed by atoms with Crippen LogP contribution in [0, 0.1) is 9.85 Å². The minimum atomic E-state index is -0.113. The molecule has 0 aromatic carbocycles. The Kier molecular flexibility index (Phi) is 4.58. The lowest BCUT2D eigenvalue weighted by molar-refractivity contribution is 0.572. The molecule has 0 bridgehead atoms. The van der Waals surface area contributed by atoms with E-state index < -0.39 is 0 Å². The second-order valence-electron chi connectivity index (χ2n) is 3.21. The minimum absolute atomic E-state index is 0.113. The summed E-state index contributed by atoms with van der Waals surface area (Å²) in [6.07, 6.45) is 1.99. The molecule has 0 radical (unpaired) electrons.